The van der Waals surface area contributed by atoms with E-state index in [0.29, 0.717) is 0 Å². The summed E-state index contributed by atoms with van der Waals surface area (Å²) in [5.74, 6) is 0. The summed E-state index contributed by atoms with van der Waals surface area (Å²) in [6.07, 6.45) is 0. The van der Waals surface area contributed by atoms with E-state index in [-0.39, 0.29) is 7.43 Å². The molecule has 0 amide bonds. The second-order valence-electron chi connectivity index (χ2n) is 2.68. The molecule has 0 saturated carbocycles. The molecule has 0 spiro atoms. The smallest absolute Gasteiger partial charge is 0.0110 e. The number of nitrogens with zero attached hydrogens (tertiary/aromatic N) is 2. The Morgan fingerprint density at radius 2 is 0.778 bits per heavy atom. The minimum absolute atomic E-state index is 0. The van der Waals surface area contributed by atoms with Crippen molar-refractivity contribution < 1.29 is 0 Å². The van der Waals surface area contributed by atoms with Crippen molar-refractivity contribution in [3.63, 3.8) is 0 Å². The summed E-state index contributed by atoms with van der Waals surface area (Å²) in [7, 11) is 0. The van der Waals surface area contributed by atoms with Crippen molar-refractivity contribution in [1.82, 2.24) is 9.80 Å². The van der Waals surface area contributed by atoms with Crippen LogP contribution < -0.4 is 0 Å². The fourth-order valence-electron chi connectivity index (χ4n) is 1.52. The van der Waals surface area contributed by atoms with Crippen LogP contribution in [-0.4, -0.2) is 49.1 Å². The number of fused-ring (bicyclic) bond motifs is 3. The molecule has 0 unspecified atom stereocenters. The molecule has 3 heterocycles. The molecule has 0 aliphatic carbocycles. The highest BCUT2D eigenvalue weighted by atomic mass is 15.3. The average Bonchev–Trinajstić information content (AvgIpc) is 1.92. The summed E-state index contributed by atoms with van der Waals surface area (Å²) >= 11 is 0. The first-order valence-corrected chi connectivity index (χ1v) is 3.40. The molecule has 9 heavy (non-hydrogen) atoms. The van der Waals surface area contributed by atoms with Gasteiger partial charge >= 0.3 is 0 Å². The van der Waals surface area contributed by atoms with Gasteiger partial charge in [0.25, 0.3) is 0 Å². The maximum atomic E-state index is 2.54. The third kappa shape index (κ3) is 1.25. The average molecular weight is 128 g/mol. The Kier molecular flexibility index (Phi) is 2.09. The van der Waals surface area contributed by atoms with Crippen molar-refractivity contribution in [2.45, 2.75) is 7.43 Å². The van der Waals surface area contributed by atoms with Gasteiger partial charge < -0.3 is 0 Å². The molecule has 3 fully saturated rings. The maximum Gasteiger partial charge on any atom is 0.0110 e. The van der Waals surface area contributed by atoms with Crippen LogP contribution in [-0.2, 0) is 0 Å². The SMILES string of the molecule is C.C1CN2CCN1CC2. The van der Waals surface area contributed by atoms with Gasteiger partial charge in [0.15, 0.2) is 0 Å². The molecule has 3 aliphatic rings. The molecular formula is C7H16N2. The van der Waals surface area contributed by atoms with E-state index in [9.17, 15) is 0 Å². The first-order valence-electron chi connectivity index (χ1n) is 3.40. The Hall–Kier alpha value is -0.0800. The number of hydrogen-bond acceptors (Lipinski definition) is 2. The normalized spacial score (nSPS) is 40.0. The molecule has 2 nitrogen and oxygen atoms in total. The molecule has 54 valence electrons. The van der Waals surface area contributed by atoms with Crippen molar-refractivity contribution in [2.24, 2.45) is 0 Å². The van der Waals surface area contributed by atoms with E-state index in [2.05, 4.69) is 9.80 Å². The highest BCUT2D eigenvalue weighted by molar-refractivity contribution is 4.78. The van der Waals surface area contributed by atoms with Crippen LogP contribution in [0.15, 0.2) is 0 Å². The van der Waals surface area contributed by atoms with E-state index < -0.39 is 0 Å². The summed E-state index contributed by atoms with van der Waals surface area (Å²) in [6.45, 7) is 7.92. The van der Waals surface area contributed by atoms with Crippen LogP contribution in [0.5, 0.6) is 0 Å². The van der Waals surface area contributed by atoms with Crippen LogP contribution in [0.4, 0.5) is 0 Å². The predicted octanol–water partition coefficient (Wildman–Crippen LogP) is 0.254. The lowest BCUT2D eigenvalue weighted by atomic mass is 10.2. The molecule has 3 rings (SSSR count). The third-order valence-corrected chi connectivity index (χ3v) is 2.20. The van der Waals surface area contributed by atoms with Crippen molar-refractivity contribution in [1.29, 1.82) is 0 Å². The van der Waals surface area contributed by atoms with Crippen LogP contribution in [0.1, 0.15) is 7.43 Å². The molecular weight excluding hydrogens is 112 g/mol. The molecule has 0 aromatic carbocycles. The van der Waals surface area contributed by atoms with Gasteiger partial charge in [0.1, 0.15) is 0 Å². The summed E-state index contributed by atoms with van der Waals surface area (Å²) in [6, 6.07) is 0. The van der Waals surface area contributed by atoms with Gasteiger partial charge in [-0.2, -0.15) is 0 Å². The van der Waals surface area contributed by atoms with Crippen molar-refractivity contribution >= 4 is 0 Å². The van der Waals surface area contributed by atoms with E-state index in [1.54, 1.807) is 0 Å². The van der Waals surface area contributed by atoms with Crippen LogP contribution in [0, 0.1) is 0 Å². The molecule has 0 atom stereocenters. The standard InChI is InChI=1S/C6H12N2.CH4/c1-2-8-5-3-7(1)4-6-8;/h1-6H2;1H4. The first-order chi connectivity index (χ1) is 3.95. The highest BCUT2D eigenvalue weighted by Gasteiger charge is 2.21. The van der Waals surface area contributed by atoms with Gasteiger partial charge in [-0.3, -0.25) is 9.80 Å². The van der Waals surface area contributed by atoms with Gasteiger partial charge in [-0.15, -0.1) is 0 Å². The molecule has 0 aromatic rings. The lowest BCUT2D eigenvalue weighted by molar-refractivity contribution is 0.0647. The van der Waals surface area contributed by atoms with E-state index in [4.69, 9.17) is 0 Å². The Morgan fingerprint density at radius 1 is 0.556 bits per heavy atom. The van der Waals surface area contributed by atoms with Crippen molar-refractivity contribution in [3.05, 3.63) is 0 Å². The van der Waals surface area contributed by atoms with Gasteiger partial charge in [-0.05, 0) is 0 Å². The quantitative estimate of drug-likeness (QED) is 0.461. The minimum atomic E-state index is 0. The molecule has 2 bridgehead atoms. The van der Waals surface area contributed by atoms with Crippen molar-refractivity contribution in [3.8, 4) is 0 Å². The topological polar surface area (TPSA) is 6.48 Å². The molecule has 3 aliphatic heterocycles. The minimum Gasteiger partial charge on any atom is -0.300 e. The predicted molar refractivity (Wildman–Crippen MR) is 39.6 cm³/mol. The third-order valence-electron chi connectivity index (χ3n) is 2.20. The molecule has 0 aromatic heterocycles. The van der Waals surface area contributed by atoms with E-state index >= 15 is 0 Å². The first kappa shape index (κ1) is 7.03. The number of hydrogen-bond donors (Lipinski definition) is 0. The van der Waals surface area contributed by atoms with Gasteiger partial charge in [0, 0.05) is 39.3 Å². The fourth-order valence-corrected chi connectivity index (χ4v) is 1.52. The molecule has 0 N–H and O–H groups in total. The summed E-state index contributed by atoms with van der Waals surface area (Å²) in [4.78, 5) is 5.08. The zero-order chi connectivity index (χ0) is 5.40. The Balaban J connectivity index is 0.000000405. The largest absolute Gasteiger partial charge is 0.300 e. The van der Waals surface area contributed by atoms with E-state index in [1.807, 2.05) is 0 Å². The highest BCUT2D eigenvalue weighted by Crippen LogP contribution is 2.06. The molecule has 0 radical (unpaired) electrons. The van der Waals surface area contributed by atoms with Crippen LogP contribution in [0.25, 0.3) is 0 Å². The Morgan fingerprint density at radius 3 is 0.889 bits per heavy atom. The van der Waals surface area contributed by atoms with Crippen LogP contribution in [0.2, 0.25) is 0 Å². The van der Waals surface area contributed by atoms with Crippen LogP contribution in [0.3, 0.4) is 0 Å². The zero-order valence-electron chi connectivity index (χ0n) is 5.14. The Bertz CT molecular complexity index is 61.9. The summed E-state index contributed by atoms with van der Waals surface area (Å²) in [5.41, 5.74) is 0. The summed E-state index contributed by atoms with van der Waals surface area (Å²) in [5, 5.41) is 0. The lowest BCUT2D eigenvalue weighted by Gasteiger charge is -2.41. The van der Waals surface area contributed by atoms with E-state index in [1.165, 1.54) is 39.3 Å². The van der Waals surface area contributed by atoms with Crippen molar-refractivity contribution in [2.75, 3.05) is 39.3 Å². The number of piperazine rings is 3. The van der Waals surface area contributed by atoms with Gasteiger partial charge in [0.2, 0.25) is 0 Å². The van der Waals surface area contributed by atoms with Gasteiger partial charge in [-0.25, -0.2) is 0 Å². The van der Waals surface area contributed by atoms with Crippen LogP contribution >= 0.6 is 0 Å². The number of rotatable bonds is 0. The van der Waals surface area contributed by atoms with Gasteiger partial charge in [0.05, 0.1) is 0 Å². The zero-order valence-corrected chi connectivity index (χ0v) is 5.14. The second-order valence-corrected chi connectivity index (χ2v) is 2.68. The second kappa shape index (κ2) is 2.67. The maximum absolute atomic E-state index is 2.54. The lowest BCUT2D eigenvalue weighted by Crippen LogP contribution is -2.55. The summed E-state index contributed by atoms with van der Waals surface area (Å²) < 4.78 is 0. The Labute approximate surface area is 57.4 Å². The van der Waals surface area contributed by atoms with E-state index in [0.717, 1.165) is 0 Å². The molecule has 3 saturated heterocycles. The van der Waals surface area contributed by atoms with Gasteiger partial charge in [-0.1, -0.05) is 7.43 Å². The monoisotopic (exact) mass is 128 g/mol. The fraction of sp³-hybridized carbons (Fsp3) is 1.00. The molecule has 2 heteroatoms.